The van der Waals surface area contributed by atoms with Crippen LogP contribution in [0, 0.1) is 0 Å². The number of hydrogen-bond donors (Lipinski definition) is 1. The van der Waals surface area contributed by atoms with Gasteiger partial charge in [0.2, 0.25) is 0 Å². The van der Waals surface area contributed by atoms with Crippen molar-refractivity contribution in [3.8, 4) is 0 Å². The molecule has 0 aliphatic carbocycles. The van der Waals surface area contributed by atoms with E-state index in [-0.39, 0.29) is 5.56 Å². The summed E-state index contributed by atoms with van der Waals surface area (Å²) < 4.78 is 46.7. The van der Waals surface area contributed by atoms with Gasteiger partial charge in [-0.25, -0.2) is 4.79 Å². The lowest BCUT2D eigenvalue weighted by atomic mass is 10.1. The first-order valence-electron chi connectivity index (χ1n) is 6.31. The van der Waals surface area contributed by atoms with Crippen LogP contribution in [-0.2, 0) is 25.2 Å². The lowest BCUT2D eigenvalue weighted by molar-refractivity contribution is -0.149. The van der Waals surface area contributed by atoms with Crippen LogP contribution in [0.3, 0.4) is 0 Å². The van der Waals surface area contributed by atoms with Gasteiger partial charge in [-0.05, 0) is 18.2 Å². The van der Waals surface area contributed by atoms with E-state index in [4.69, 9.17) is 0 Å². The van der Waals surface area contributed by atoms with E-state index in [0.29, 0.717) is 6.07 Å². The van der Waals surface area contributed by atoms with E-state index in [1.54, 1.807) is 0 Å². The van der Waals surface area contributed by atoms with Crippen molar-refractivity contribution in [3.05, 3.63) is 35.4 Å². The molecule has 0 radical (unpaired) electrons. The van der Waals surface area contributed by atoms with Gasteiger partial charge in [-0.1, -0.05) is 6.07 Å². The molecule has 0 saturated carbocycles. The fourth-order valence-electron chi connectivity index (χ4n) is 1.66. The summed E-state index contributed by atoms with van der Waals surface area (Å²) in [6.45, 7) is 0. The number of rotatable bonds is 5. The Morgan fingerprint density at radius 3 is 2.35 bits per heavy atom. The first-order chi connectivity index (χ1) is 10.7. The maximum absolute atomic E-state index is 12.6. The Bertz CT molecular complexity index is 600. The van der Waals surface area contributed by atoms with Crippen LogP contribution in [-0.4, -0.2) is 38.1 Å². The molecular weight excluding hydrogens is 319 g/mol. The van der Waals surface area contributed by atoms with Crippen LogP contribution >= 0.6 is 0 Å². The van der Waals surface area contributed by atoms with E-state index < -0.39 is 42.0 Å². The standard InChI is InChI=1S/C14H14F3NO5/c1-22-11(19)7-10(13(21)23-2)18-12(20)8-4-3-5-9(6-8)14(15,16)17/h3-6,10H,7H2,1-2H3,(H,18,20)/t10-/m0/s1. The van der Waals surface area contributed by atoms with E-state index in [2.05, 4.69) is 14.8 Å². The molecule has 0 aliphatic heterocycles. The molecule has 1 rings (SSSR count). The Hall–Kier alpha value is -2.58. The number of benzene rings is 1. The smallest absolute Gasteiger partial charge is 0.416 e. The predicted octanol–water partition coefficient (Wildman–Crippen LogP) is 1.54. The highest BCUT2D eigenvalue weighted by atomic mass is 19.4. The van der Waals surface area contributed by atoms with E-state index in [1.807, 2.05) is 0 Å². The van der Waals surface area contributed by atoms with Crippen LogP contribution < -0.4 is 5.32 Å². The molecule has 6 nitrogen and oxygen atoms in total. The van der Waals surface area contributed by atoms with Gasteiger partial charge in [0, 0.05) is 5.56 Å². The summed E-state index contributed by atoms with van der Waals surface area (Å²) in [5.41, 5.74) is -1.31. The van der Waals surface area contributed by atoms with Crippen molar-refractivity contribution in [1.29, 1.82) is 0 Å². The van der Waals surface area contributed by atoms with E-state index in [1.165, 1.54) is 0 Å². The molecule has 0 unspecified atom stereocenters. The molecule has 0 aromatic heterocycles. The Balaban J connectivity index is 2.94. The van der Waals surface area contributed by atoms with E-state index >= 15 is 0 Å². The molecule has 0 heterocycles. The molecule has 9 heteroatoms. The average molecular weight is 333 g/mol. The van der Waals surface area contributed by atoms with Crippen molar-refractivity contribution in [2.75, 3.05) is 14.2 Å². The van der Waals surface area contributed by atoms with Gasteiger partial charge in [0.05, 0.1) is 26.2 Å². The molecule has 0 aliphatic rings. The number of methoxy groups -OCH3 is 2. The summed E-state index contributed by atoms with van der Waals surface area (Å²) in [5.74, 6) is -2.66. The number of esters is 2. The van der Waals surface area contributed by atoms with Crippen molar-refractivity contribution in [1.82, 2.24) is 5.32 Å². The van der Waals surface area contributed by atoms with Crippen molar-refractivity contribution in [3.63, 3.8) is 0 Å². The third-order valence-electron chi connectivity index (χ3n) is 2.84. The molecular formula is C14H14F3NO5. The number of nitrogens with one attached hydrogen (secondary N) is 1. The second-order valence-corrected chi connectivity index (χ2v) is 4.41. The molecule has 23 heavy (non-hydrogen) atoms. The highest BCUT2D eigenvalue weighted by molar-refractivity contribution is 5.97. The monoisotopic (exact) mass is 333 g/mol. The topological polar surface area (TPSA) is 81.7 Å². The van der Waals surface area contributed by atoms with Crippen LogP contribution in [0.25, 0.3) is 0 Å². The first-order valence-corrected chi connectivity index (χ1v) is 6.31. The number of carbonyl (C=O) groups excluding carboxylic acids is 3. The predicted molar refractivity (Wildman–Crippen MR) is 71.3 cm³/mol. The van der Waals surface area contributed by atoms with Crippen LogP contribution in [0.5, 0.6) is 0 Å². The summed E-state index contributed by atoms with van der Waals surface area (Å²) in [6.07, 6.45) is -5.11. The largest absolute Gasteiger partial charge is 0.469 e. The summed E-state index contributed by atoms with van der Waals surface area (Å²) in [6, 6.07) is 2.29. The van der Waals surface area contributed by atoms with Crippen LogP contribution in [0.15, 0.2) is 24.3 Å². The van der Waals surface area contributed by atoms with Gasteiger partial charge in [-0.15, -0.1) is 0 Å². The average Bonchev–Trinajstić information content (AvgIpc) is 2.52. The summed E-state index contributed by atoms with van der Waals surface area (Å²) in [4.78, 5) is 34.7. The summed E-state index contributed by atoms with van der Waals surface area (Å²) >= 11 is 0. The van der Waals surface area contributed by atoms with Crippen molar-refractivity contribution >= 4 is 17.8 Å². The van der Waals surface area contributed by atoms with Crippen LogP contribution in [0.2, 0.25) is 0 Å². The maximum atomic E-state index is 12.6. The maximum Gasteiger partial charge on any atom is 0.416 e. The lowest BCUT2D eigenvalue weighted by Crippen LogP contribution is -2.43. The minimum Gasteiger partial charge on any atom is -0.469 e. The van der Waals surface area contributed by atoms with Gasteiger partial charge in [-0.2, -0.15) is 13.2 Å². The number of hydrogen-bond acceptors (Lipinski definition) is 5. The second-order valence-electron chi connectivity index (χ2n) is 4.41. The molecule has 0 fully saturated rings. The van der Waals surface area contributed by atoms with Gasteiger partial charge in [0.25, 0.3) is 5.91 Å². The number of alkyl halides is 3. The molecule has 126 valence electrons. The molecule has 1 aromatic rings. The zero-order valence-electron chi connectivity index (χ0n) is 12.3. The van der Waals surface area contributed by atoms with Crippen LogP contribution in [0.4, 0.5) is 13.2 Å². The third-order valence-corrected chi connectivity index (χ3v) is 2.84. The van der Waals surface area contributed by atoms with E-state index in [9.17, 15) is 27.6 Å². The number of amides is 1. The molecule has 0 spiro atoms. The van der Waals surface area contributed by atoms with Gasteiger partial charge in [-0.3, -0.25) is 9.59 Å². The summed E-state index contributed by atoms with van der Waals surface area (Å²) in [5, 5.41) is 2.15. The van der Waals surface area contributed by atoms with Crippen molar-refractivity contribution < 1.29 is 37.0 Å². The Morgan fingerprint density at radius 2 is 1.83 bits per heavy atom. The molecule has 0 saturated heterocycles. The van der Waals surface area contributed by atoms with Crippen molar-refractivity contribution in [2.24, 2.45) is 0 Å². The van der Waals surface area contributed by atoms with Gasteiger partial charge in [0.15, 0.2) is 0 Å². The van der Waals surface area contributed by atoms with E-state index in [0.717, 1.165) is 32.4 Å². The number of ether oxygens (including phenoxy) is 2. The lowest BCUT2D eigenvalue weighted by Gasteiger charge is -2.16. The Labute approximate surface area is 129 Å². The van der Waals surface area contributed by atoms with Crippen LogP contribution in [0.1, 0.15) is 22.3 Å². The SMILES string of the molecule is COC(=O)C[C@H](NC(=O)c1cccc(C(F)(F)F)c1)C(=O)OC. The zero-order chi connectivity index (χ0) is 17.6. The highest BCUT2D eigenvalue weighted by Crippen LogP contribution is 2.29. The minimum absolute atomic E-state index is 0.307. The quantitative estimate of drug-likeness (QED) is 0.827. The Kier molecular flexibility index (Phi) is 6.11. The molecule has 1 atom stereocenters. The second kappa shape index (κ2) is 7.61. The normalized spacial score (nSPS) is 12.2. The van der Waals surface area contributed by atoms with Crippen molar-refractivity contribution in [2.45, 2.75) is 18.6 Å². The minimum atomic E-state index is -4.61. The van der Waals surface area contributed by atoms with Gasteiger partial charge >= 0.3 is 18.1 Å². The summed E-state index contributed by atoms with van der Waals surface area (Å²) in [7, 11) is 2.13. The molecule has 0 bridgehead atoms. The zero-order valence-corrected chi connectivity index (χ0v) is 12.3. The van der Waals surface area contributed by atoms with Gasteiger partial charge < -0.3 is 14.8 Å². The Morgan fingerprint density at radius 1 is 1.17 bits per heavy atom. The van der Waals surface area contributed by atoms with Gasteiger partial charge in [0.1, 0.15) is 6.04 Å². The third kappa shape index (κ3) is 5.28. The number of carbonyl (C=O) groups is 3. The molecule has 1 amide bonds. The fraction of sp³-hybridized carbons (Fsp3) is 0.357. The first kappa shape index (κ1) is 18.5. The molecule has 1 N–H and O–H groups in total. The fourth-order valence-corrected chi connectivity index (χ4v) is 1.66. The molecule has 1 aromatic carbocycles. The highest BCUT2D eigenvalue weighted by Gasteiger charge is 2.31. The number of halogens is 3.